The number of ether oxygens (including phenoxy) is 4. The van der Waals surface area contributed by atoms with Crippen LogP contribution in [0.4, 0.5) is 0 Å². The molecule has 0 bridgehead atoms. The molecule has 6 nitrogen and oxygen atoms in total. The SMILES string of the molecule is CCOC(=O)c1ccc(-n2cc(C)c3cc(OC)c(C)cc32)cc1OCOC. The summed E-state index contributed by atoms with van der Waals surface area (Å²) in [5, 5.41) is 1.11. The lowest BCUT2D eigenvalue weighted by atomic mass is 10.1. The van der Waals surface area contributed by atoms with Crippen LogP contribution in [0.3, 0.4) is 0 Å². The standard InChI is InChI=1S/C22H25NO5/c1-6-27-22(24)17-8-7-16(10-21(17)28-13-25-4)23-12-15(3)18-11-20(26-5)14(2)9-19(18)23/h7-12H,6,13H2,1-5H3. The highest BCUT2D eigenvalue weighted by Gasteiger charge is 2.17. The number of hydrogen-bond acceptors (Lipinski definition) is 5. The van der Waals surface area contributed by atoms with Gasteiger partial charge < -0.3 is 23.5 Å². The molecule has 148 valence electrons. The molecule has 0 saturated heterocycles. The zero-order chi connectivity index (χ0) is 20.3. The average molecular weight is 383 g/mol. The quantitative estimate of drug-likeness (QED) is 0.447. The molecule has 0 aliphatic heterocycles. The topological polar surface area (TPSA) is 58.9 Å². The number of methoxy groups -OCH3 is 2. The average Bonchev–Trinajstić information content (AvgIpc) is 3.01. The fourth-order valence-electron chi connectivity index (χ4n) is 3.23. The van der Waals surface area contributed by atoms with Gasteiger partial charge in [-0.05, 0) is 56.2 Å². The number of carbonyl (C=O) groups is 1. The Kier molecular flexibility index (Phi) is 5.90. The smallest absolute Gasteiger partial charge is 0.341 e. The van der Waals surface area contributed by atoms with Crippen LogP contribution in [0.2, 0.25) is 0 Å². The number of fused-ring (bicyclic) bond motifs is 1. The van der Waals surface area contributed by atoms with Crippen molar-refractivity contribution >= 4 is 16.9 Å². The molecular formula is C22H25NO5. The van der Waals surface area contributed by atoms with Crippen LogP contribution in [-0.2, 0) is 9.47 Å². The Labute approximate surface area is 164 Å². The van der Waals surface area contributed by atoms with Crippen molar-refractivity contribution in [1.82, 2.24) is 4.57 Å². The summed E-state index contributed by atoms with van der Waals surface area (Å²) in [5.41, 5.74) is 4.48. The van der Waals surface area contributed by atoms with Gasteiger partial charge in [-0.2, -0.15) is 0 Å². The Morgan fingerprint density at radius 3 is 2.50 bits per heavy atom. The molecule has 0 aliphatic carbocycles. The lowest BCUT2D eigenvalue weighted by molar-refractivity contribution is 0.0438. The Morgan fingerprint density at radius 1 is 1.04 bits per heavy atom. The summed E-state index contributed by atoms with van der Waals surface area (Å²) in [6.07, 6.45) is 2.06. The molecule has 3 rings (SSSR count). The summed E-state index contributed by atoms with van der Waals surface area (Å²) in [7, 11) is 3.21. The van der Waals surface area contributed by atoms with Crippen LogP contribution >= 0.6 is 0 Å². The highest BCUT2D eigenvalue weighted by Crippen LogP contribution is 2.32. The van der Waals surface area contributed by atoms with Gasteiger partial charge in [0, 0.05) is 30.4 Å². The first-order valence-electron chi connectivity index (χ1n) is 9.09. The molecular weight excluding hydrogens is 358 g/mol. The van der Waals surface area contributed by atoms with E-state index in [0.29, 0.717) is 17.9 Å². The van der Waals surface area contributed by atoms with Gasteiger partial charge in [-0.3, -0.25) is 0 Å². The van der Waals surface area contributed by atoms with Crippen molar-refractivity contribution in [3.05, 3.63) is 53.2 Å². The van der Waals surface area contributed by atoms with Crippen LogP contribution in [0, 0.1) is 13.8 Å². The number of aromatic nitrogens is 1. The molecule has 3 aromatic rings. The molecule has 28 heavy (non-hydrogen) atoms. The molecule has 0 aliphatic rings. The van der Waals surface area contributed by atoms with Gasteiger partial charge >= 0.3 is 5.97 Å². The van der Waals surface area contributed by atoms with Gasteiger partial charge in [0.1, 0.15) is 17.1 Å². The first-order chi connectivity index (χ1) is 13.5. The van der Waals surface area contributed by atoms with Gasteiger partial charge in [0.25, 0.3) is 0 Å². The Hall–Kier alpha value is -2.99. The normalized spacial score (nSPS) is 10.9. The summed E-state index contributed by atoms with van der Waals surface area (Å²) in [6, 6.07) is 9.56. The highest BCUT2D eigenvalue weighted by molar-refractivity contribution is 5.93. The van der Waals surface area contributed by atoms with Crippen molar-refractivity contribution in [2.24, 2.45) is 0 Å². The van der Waals surface area contributed by atoms with Crippen LogP contribution in [0.25, 0.3) is 16.6 Å². The number of rotatable bonds is 7. The Bertz CT molecular complexity index is 1010. The van der Waals surface area contributed by atoms with Gasteiger partial charge in [-0.25, -0.2) is 4.79 Å². The van der Waals surface area contributed by atoms with Crippen molar-refractivity contribution in [2.45, 2.75) is 20.8 Å². The van der Waals surface area contributed by atoms with Crippen LogP contribution in [0.5, 0.6) is 11.5 Å². The summed E-state index contributed by atoms with van der Waals surface area (Å²) in [4.78, 5) is 12.2. The number of aryl methyl sites for hydroxylation is 2. The predicted octanol–water partition coefficient (Wildman–Crippen LogP) is 4.42. The van der Waals surface area contributed by atoms with Gasteiger partial charge in [0.15, 0.2) is 6.79 Å². The van der Waals surface area contributed by atoms with Crippen molar-refractivity contribution < 1.29 is 23.7 Å². The lowest BCUT2D eigenvalue weighted by Gasteiger charge is -2.14. The van der Waals surface area contributed by atoms with Crippen molar-refractivity contribution in [2.75, 3.05) is 27.6 Å². The molecule has 0 saturated carbocycles. The summed E-state index contributed by atoms with van der Waals surface area (Å²) < 4.78 is 23.3. The maximum absolute atomic E-state index is 12.2. The number of esters is 1. The molecule has 0 N–H and O–H groups in total. The third kappa shape index (κ3) is 3.68. The second-order valence-electron chi connectivity index (χ2n) is 6.47. The minimum atomic E-state index is -0.422. The zero-order valence-electron chi connectivity index (χ0n) is 16.9. The molecule has 6 heteroatoms. The molecule has 2 aromatic carbocycles. The van der Waals surface area contributed by atoms with E-state index in [2.05, 4.69) is 23.8 Å². The first-order valence-corrected chi connectivity index (χ1v) is 9.09. The van der Waals surface area contributed by atoms with E-state index in [1.807, 2.05) is 25.1 Å². The predicted molar refractivity (Wildman–Crippen MR) is 108 cm³/mol. The van der Waals surface area contributed by atoms with E-state index >= 15 is 0 Å². The highest BCUT2D eigenvalue weighted by atomic mass is 16.7. The maximum atomic E-state index is 12.2. The fraction of sp³-hybridized carbons (Fsp3) is 0.318. The molecule has 0 unspecified atom stereocenters. The van der Waals surface area contributed by atoms with E-state index in [-0.39, 0.29) is 6.79 Å². The number of carbonyl (C=O) groups excluding carboxylic acids is 1. The number of benzene rings is 2. The van der Waals surface area contributed by atoms with Crippen molar-refractivity contribution in [3.63, 3.8) is 0 Å². The van der Waals surface area contributed by atoms with E-state index in [9.17, 15) is 4.79 Å². The molecule has 1 aromatic heterocycles. The van der Waals surface area contributed by atoms with Crippen molar-refractivity contribution in [3.8, 4) is 17.2 Å². The van der Waals surface area contributed by atoms with Crippen LogP contribution in [0.1, 0.15) is 28.4 Å². The van der Waals surface area contributed by atoms with E-state index in [4.69, 9.17) is 18.9 Å². The van der Waals surface area contributed by atoms with Crippen LogP contribution in [-0.4, -0.2) is 38.2 Å². The van der Waals surface area contributed by atoms with Gasteiger partial charge in [-0.1, -0.05) is 0 Å². The summed E-state index contributed by atoms with van der Waals surface area (Å²) >= 11 is 0. The Balaban J connectivity index is 2.13. The van der Waals surface area contributed by atoms with Gasteiger partial charge in [-0.15, -0.1) is 0 Å². The van der Waals surface area contributed by atoms with Gasteiger partial charge in [0.2, 0.25) is 0 Å². The Morgan fingerprint density at radius 2 is 1.82 bits per heavy atom. The molecule has 0 fully saturated rings. The van der Waals surface area contributed by atoms with E-state index in [1.165, 1.54) is 7.11 Å². The van der Waals surface area contributed by atoms with Crippen molar-refractivity contribution in [1.29, 1.82) is 0 Å². The monoisotopic (exact) mass is 383 g/mol. The second-order valence-corrected chi connectivity index (χ2v) is 6.47. The molecule has 0 atom stereocenters. The largest absolute Gasteiger partial charge is 0.496 e. The lowest BCUT2D eigenvalue weighted by Crippen LogP contribution is -2.10. The summed E-state index contributed by atoms with van der Waals surface area (Å²) in [6.45, 7) is 6.18. The minimum absolute atomic E-state index is 0.0393. The second kappa shape index (κ2) is 8.35. The number of hydrogen-bond donors (Lipinski definition) is 0. The maximum Gasteiger partial charge on any atom is 0.341 e. The molecule has 0 spiro atoms. The van der Waals surface area contributed by atoms with E-state index in [0.717, 1.165) is 33.5 Å². The third-order valence-electron chi connectivity index (χ3n) is 4.59. The molecule has 0 radical (unpaired) electrons. The van der Waals surface area contributed by atoms with E-state index < -0.39 is 5.97 Å². The zero-order valence-corrected chi connectivity index (χ0v) is 16.9. The summed E-state index contributed by atoms with van der Waals surface area (Å²) in [5.74, 6) is 0.854. The third-order valence-corrected chi connectivity index (χ3v) is 4.59. The first kappa shape index (κ1) is 19.8. The van der Waals surface area contributed by atoms with Gasteiger partial charge in [0.05, 0.1) is 19.2 Å². The fourth-order valence-corrected chi connectivity index (χ4v) is 3.23. The van der Waals surface area contributed by atoms with Crippen LogP contribution in [0.15, 0.2) is 36.5 Å². The van der Waals surface area contributed by atoms with Crippen LogP contribution < -0.4 is 9.47 Å². The number of nitrogens with zero attached hydrogens (tertiary/aromatic N) is 1. The van der Waals surface area contributed by atoms with E-state index in [1.54, 1.807) is 20.1 Å². The molecule has 0 amide bonds. The minimum Gasteiger partial charge on any atom is -0.496 e. The molecule has 1 heterocycles.